The van der Waals surface area contributed by atoms with Crippen LogP contribution in [0.4, 0.5) is 0 Å². The van der Waals surface area contributed by atoms with Crippen LogP contribution in [0.2, 0.25) is 0 Å². The standard InChI is InChI=1S/C22H33N5/c1-4-23-22(24-13-8-11-20-15-25-26-18(20)3)27-14-12-21(17(2)16-27)19-9-6-5-7-10-19/h5-7,9-10,15,17,21H,4,8,11-14,16H2,1-3H3,(H,23,24)(H,25,26). The van der Waals surface area contributed by atoms with Crippen LogP contribution >= 0.6 is 0 Å². The first-order valence-corrected chi connectivity index (χ1v) is 10.3. The largest absolute Gasteiger partial charge is 0.357 e. The predicted molar refractivity (Wildman–Crippen MR) is 112 cm³/mol. The molecule has 2 unspecified atom stereocenters. The smallest absolute Gasteiger partial charge is 0.193 e. The summed E-state index contributed by atoms with van der Waals surface area (Å²) < 4.78 is 0. The summed E-state index contributed by atoms with van der Waals surface area (Å²) >= 11 is 0. The number of guanidine groups is 1. The van der Waals surface area contributed by atoms with Crippen molar-refractivity contribution in [3.05, 3.63) is 53.3 Å². The number of nitrogens with one attached hydrogen (secondary N) is 2. The summed E-state index contributed by atoms with van der Waals surface area (Å²) in [6.07, 6.45) is 5.19. The van der Waals surface area contributed by atoms with Crippen LogP contribution in [0.1, 0.15) is 49.4 Å². The SMILES string of the molecule is CCNC(=NCCCc1cn[nH]c1C)N1CCC(c2ccccc2)C(C)C1. The summed E-state index contributed by atoms with van der Waals surface area (Å²) in [7, 11) is 0. The number of benzene rings is 1. The van der Waals surface area contributed by atoms with Crippen molar-refractivity contribution in [3.63, 3.8) is 0 Å². The summed E-state index contributed by atoms with van der Waals surface area (Å²) in [6.45, 7) is 10.5. The number of aliphatic imine (C=N–C) groups is 1. The quantitative estimate of drug-likeness (QED) is 0.464. The third-order valence-corrected chi connectivity index (χ3v) is 5.57. The number of H-pyrrole nitrogens is 1. The molecule has 2 aromatic rings. The van der Waals surface area contributed by atoms with Crippen LogP contribution in [0, 0.1) is 12.8 Å². The van der Waals surface area contributed by atoms with Crippen molar-refractivity contribution in [2.75, 3.05) is 26.2 Å². The van der Waals surface area contributed by atoms with Crippen LogP contribution < -0.4 is 5.32 Å². The van der Waals surface area contributed by atoms with Crippen molar-refractivity contribution >= 4 is 5.96 Å². The zero-order valence-corrected chi connectivity index (χ0v) is 16.9. The lowest BCUT2D eigenvalue weighted by molar-refractivity contribution is 0.234. The number of aromatic nitrogens is 2. The molecule has 1 saturated heterocycles. The molecule has 27 heavy (non-hydrogen) atoms. The maximum absolute atomic E-state index is 4.90. The lowest BCUT2D eigenvalue weighted by Gasteiger charge is -2.39. The molecule has 1 aliphatic heterocycles. The zero-order chi connectivity index (χ0) is 19.1. The second kappa shape index (κ2) is 9.58. The Balaban J connectivity index is 1.56. The molecular formula is C22H33N5. The zero-order valence-electron chi connectivity index (χ0n) is 16.9. The van der Waals surface area contributed by atoms with Crippen molar-refractivity contribution in [2.24, 2.45) is 10.9 Å². The summed E-state index contributed by atoms with van der Waals surface area (Å²) in [5.74, 6) is 2.34. The molecule has 0 saturated carbocycles. The number of likely N-dealkylation sites (tertiary alicyclic amines) is 1. The van der Waals surface area contributed by atoms with E-state index < -0.39 is 0 Å². The number of aryl methyl sites for hydroxylation is 2. The van der Waals surface area contributed by atoms with Gasteiger partial charge in [-0.3, -0.25) is 10.1 Å². The number of aromatic amines is 1. The lowest BCUT2D eigenvalue weighted by Crippen LogP contribution is -2.48. The first-order chi connectivity index (χ1) is 13.2. The fourth-order valence-corrected chi connectivity index (χ4v) is 4.04. The third kappa shape index (κ3) is 5.12. The van der Waals surface area contributed by atoms with E-state index in [0.29, 0.717) is 11.8 Å². The molecule has 2 heterocycles. The van der Waals surface area contributed by atoms with E-state index in [9.17, 15) is 0 Å². The summed E-state index contributed by atoms with van der Waals surface area (Å²) in [4.78, 5) is 7.34. The van der Waals surface area contributed by atoms with Crippen molar-refractivity contribution in [1.82, 2.24) is 20.4 Å². The van der Waals surface area contributed by atoms with E-state index in [4.69, 9.17) is 4.99 Å². The number of piperidine rings is 1. The van der Waals surface area contributed by atoms with Gasteiger partial charge in [-0.15, -0.1) is 0 Å². The highest BCUT2D eigenvalue weighted by Gasteiger charge is 2.28. The summed E-state index contributed by atoms with van der Waals surface area (Å²) in [5, 5.41) is 10.6. The Hall–Kier alpha value is -2.30. The maximum Gasteiger partial charge on any atom is 0.193 e. The second-order valence-corrected chi connectivity index (χ2v) is 7.59. The minimum Gasteiger partial charge on any atom is -0.357 e. The Morgan fingerprint density at radius 3 is 2.81 bits per heavy atom. The Bertz CT molecular complexity index is 721. The van der Waals surface area contributed by atoms with E-state index in [0.717, 1.165) is 45.0 Å². The van der Waals surface area contributed by atoms with Gasteiger partial charge in [0, 0.05) is 31.9 Å². The molecule has 1 fully saturated rings. The molecule has 1 aromatic heterocycles. The van der Waals surface area contributed by atoms with E-state index in [1.54, 1.807) is 0 Å². The van der Waals surface area contributed by atoms with E-state index in [1.165, 1.54) is 23.2 Å². The molecule has 0 bridgehead atoms. The summed E-state index contributed by atoms with van der Waals surface area (Å²) in [6, 6.07) is 11.0. The average Bonchev–Trinajstić information content (AvgIpc) is 3.09. The molecule has 2 N–H and O–H groups in total. The molecule has 0 spiro atoms. The maximum atomic E-state index is 4.90. The van der Waals surface area contributed by atoms with Crippen LogP contribution in [-0.4, -0.2) is 47.2 Å². The van der Waals surface area contributed by atoms with Gasteiger partial charge in [0.1, 0.15) is 0 Å². The Morgan fingerprint density at radius 1 is 1.33 bits per heavy atom. The molecule has 1 aromatic carbocycles. The highest BCUT2D eigenvalue weighted by atomic mass is 15.3. The molecule has 5 nitrogen and oxygen atoms in total. The van der Waals surface area contributed by atoms with E-state index in [2.05, 4.69) is 71.5 Å². The van der Waals surface area contributed by atoms with Crippen LogP contribution in [0.15, 0.2) is 41.5 Å². The van der Waals surface area contributed by atoms with Gasteiger partial charge < -0.3 is 10.2 Å². The number of rotatable bonds is 6. The number of hydrogen-bond acceptors (Lipinski definition) is 2. The van der Waals surface area contributed by atoms with Crippen LogP contribution in [0.25, 0.3) is 0 Å². The Labute approximate surface area is 163 Å². The van der Waals surface area contributed by atoms with Crippen LogP contribution in [0.3, 0.4) is 0 Å². The first-order valence-electron chi connectivity index (χ1n) is 10.3. The molecule has 0 amide bonds. The van der Waals surface area contributed by atoms with Crippen molar-refractivity contribution < 1.29 is 0 Å². The van der Waals surface area contributed by atoms with E-state index in [1.807, 2.05) is 6.20 Å². The average molecular weight is 368 g/mol. The lowest BCUT2D eigenvalue weighted by atomic mass is 9.82. The molecule has 146 valence electrons. The molecule has 0 aliphatic carbocycles. The molecule has 0 radical (unpaired) electrons. The van der Waals surface area contributed by atoms with Gasteiger partial charge in [0.2, 0.25) is 0 Å². The Morgan fingerprint density at radius 2 is 2.15 bits per heavy atom. The molecule has 5 heteroatoms. The highest BCUT2D eigenvalue weighted by molar-refractivity contribution is 5.80. The minimum absolute atomic E-state index is 0.624. The second-order valence-electron chi connectivity index (χ2n) is 7.59. The third-order valence-electron chi connectivity index (χ3n) is 5.57. The van der Waals surface area contributed by atoms with Gasteiger partial charge in [0.25, 0.3) is 0 Å². The van der Waals surface area contributed by atoms with Crippen molar-refractivity contribution in [2.45, 2.75) is 46.0 Å². The van der Waals surface area contributed by atoms with Gasteiger partial charge in [-0.25, -0.2) is 0 Å². The monoisotopic (exact) mass is 367 g/mol. The normalized spacial score (nSPS) is 20.7. The van der Waals surface area contributed by atoms with Gasteiger partial charge in [0.15, 0.2) is 5.96 Å². The van der Waals surface area contributed by atoms with Crippen LogP contribution in [0.5, 0.6) is 0 Å². The molecular weight excluding hydrogens is 334 g/mol. The predicted octanol–water partition coefficient (Wildman–Crippen LogP) is 3.74. The fourth-order valence-electron chi connectivity index (χ4n) is 4.04. The number of hydrogen-bond donors (Lipinski definition) is 2. The van der Waals surface area contributed by atoms with Crippen molar-refractivity contribution in [3.8, 4) is 0 Å². The Kier molecular flexibility index (Phi) is 6.91. The molecule has 2 atom stereocenters. The van der Waals surface area contributed by atoms with Gasteiger partial charge in [0.05, 0.1) is 6.20 Å². The molecule has 1 aliphatic rings. The minimum atomic E-state index is 0.624. The topological polar surface area (TPSA) is 56.3 Å². The van der Waals surface area contributed by atoms with Crippen molar-refractivity contribution in [1.29, 1.82) is 0 Å². The van der Waals surface area contributed by atoms with Crippen LogP contribution in [-0.2, 0) is 6.42 Å². The van der Waals surface area contributed by atoms with Gasteiger partial charge >= 0.3 is 0 Å². The number of nitrogens with zero attached hydrogens (tertiary/aromatic N) is 3. The van der Waals surface area contributed by atoms with E-state index >= 15 is 0 Å². The first kappa shape index (κ1) is 19.5. The van der Waals surface area contributed by atoms with Gasteiger partial charge in [-0.2, -0.15) is 5.10 Å². The highest BCUT2D eigenvalue weighted by Crippen LogP contribution is 2.32. The fraction of sp³-hybridized carbons (Fsp3) is 0.545. The van der Waals surface area contributed by atoms with Gasteiger partial charge in [-0.1, -0.05) is 37.3 Å². The molecule has 3 rings (SSSR count). The van der Waals surface area contributed by atoms with E-state index in [-0.39, 0.29) is 0 Å². The van der Waals surface area contributed by atoms with Gasteiger partial charge in [-0.05, 0) is 56.1 Å². The summed E-state index contributed by atoms with van der Waals surface area (Å²) in [5.41, 5.74) is 3.94.